The van der Waals surface area contributed by atoms with Crippen LogP contribution in [-0.2, 0) is 0 Å². The molecule has 1 aliphatic rings. The van der Waals surface area contributed by atoms with Gasteiger partial charge in [0.05, 0.1) is 11.3 Å². The zero-order valence-electron chi connectivity index (χ0n) is 14.4. The first kappa shape index (κ1) is 16.4. The first-order valence-electron chi connectivity index (χ1n) is 8.31. The van der Waals surface area contributed by atoms with Crippen LogP contribution in [0.3, 0.4) is 0 Å². The van der Waals surface area contributed by atoms with Crippen molar-refractivity contribution in [3.05, 3.63) is 52.0 Å². The number of piperazine rings is 1. The van der Waals surface area contributed by atoms with Gasteiger partial charge in [0.15, 0.2) is 0 Å². The van der Waals surface area contributed by atoms with Gasteiger partial charge in [-0.05, 0) is 25.0 Å². The van der Waals surface area contributed by atoms with Crippen LogP contribution in [0.1, 0.15) is 31.0 Å². The summed E-state index contributed by atoms with van der Waals surface area (Å²) >= 11 is 0. The van der Waals surface area contributed by atoms with Gasteiger partial charge >= 0.3 is 11.7 Å². The second-order valence-electron chi connectivity index (χ2n) is 6.42. The van der Waals surface area contributed by atoms with E-state index < -0.39 is 5.63 Å². The van der Waals surface area contributed by atoms with Crippen LogP contribution in [0, 0.1) is 6.92 Å². The zero-order chi connectivity index (χ0) is 17.3. The average Bonchev–Trinajstić information content (AvgIpc) is 2.89. The minimum absolute atomic E-state index is 0.0326. The second-order valence-corrected chi connectivity index (χ2v) is 6.42. The number of anilines is 1. The van der Waals surface area contributed by atoms with E-state index in [1.54, 1.807) is 11.8 Å². The van der Waals surface area contributed by atoms with E-state index in [0.29, 0.717) is 24.3 Å². The van der Waals surface area contributed by atoms with Crippen LogP contribution in [0.15, 0.2) is 39.6 Å². The summed E-state index contributed by atoms with van der Waals surface area (Å²) in [6, 6.07) is 9.90. The van der Waals surface area contributed by atoms with Crippen molar-refractivity contribution in [1.82, 2.24) is 9.64 Å². The van der Waals surface area contributed by atoms with Gasteiger partial charge in [-0.1, -0.05) is 32.0 Å². The maximum atomic E-state index is 12.7. The van der Waals surface area contributed by atoms with E-state index in [4.69, 9.17) is 4.52 Å². The Kier molecular flexibility index (Phi) is 4.46. The number of hydrogen-bond donors (Lipinski definition) is 0. The van der Waals surface area contributed by atoms with E-state index in [0.717, 1.165) is 23.5 Å². The summed E-state index contributed by atoms with van der Waals surface area (Å²) < 4.78 is 6.34. The highest BCUT2D eigenvalue weighted by atomic mass is 16.5. The molecule has 1 aromatic carbocycles. The van der Waals surface area contributed by atoms with Gasteiger partial charge in [0, 0.05) is 31.9 Å². The Bertz CT molecular complexity index is 769. The van der Waals surface area contributed by atoms with Crippen molar-refractivity contribution in [3.8, 4) is 0 Å². The Hall–Kier alpha value is -2.50. The molecule has 0 N–H and O–H groups in total. The fraction of sp³-hybridized carbons (Fsp3) is 0.444. The van der Waals surface area contributed by atoms with Crippen LogP contribution in [0.5, 0.6) is 0 Å². The molecule has 1 saturated heterocycles. The summed E-state index contributed by atoms with van der Waals surface area (Å²) in [7, 11) is 0. The topological polar surface area (TPSA) is 58.7 Å². The number of rotatable bonds is 2. The molecule has 0 atom stereocenters. The predicted octanol–water partition coefficient (Wildman–Crippen LogP) is 2.66. The minimum atomic E-state index is -0.418. The van der Waals surface area contributed by atoms with Crippen molar-refractivity contribution in [3.63, 3.8) is 0 Å². The van der Waals surface area contributed by atoms with E-state index in [2.05, 4.69) is 17.0 Å². The molecular formula is C18H23N3O3. The third-order valence-corrected chi connectivity index (χ3v) is 4.51. The standard InChI is InChI=1S/C18H23N3O3/c1-13(2)16-14(3)21(24-17(16)22)18(23)20-11-9-19(10-12-20)15-7-5-4-6-8-15/h4-8,13H,9-12H2,1-3H3. The van der Waals surface area contributed by atoms with Crippen LogP contribution >= 0.6 is 0 Å². The number of aromatic nitrogens is 1. The summed E-state index contributed by atoms with van der Waals surface area (Å²) in [5, 5.41) is 0. The van der Waals surface area contributed by atoms with Gasteiger partial charge in [-0.2, -0.15) is 0 Å². The van der Waals surface area contributed by atoms with Crippen LogP contribution in [0.4, 0.5) is 10.5 Å². The molecule has 3 rings (SSSR count). The number of amides is 1. The maximum Gasteiger partial charge on any atom is 0.361 e. The fourth-order valence-corrected chi connectivity index (χ4v) is 3.22. The van der Waals surface area contributed by atoms with Crippen molar-refractivity contribution in [2.24, 2.45) is 0 Å². The van der Waals surface area contributed by atoms with Crippen molar-refractivity contribution in [1.29, 1.82) is 0 Å². The zero-order valence-corrected chi connectivity index (χ0v) is 14.4. The number of benzene rings is 1. The van der Waals surface area contributed by atoms with Gasteiger partial charge in [0.1, 0.15) is 0 Å². The van der Waals surface area contributed by atoms with E-state index in [-0.39, 0.29) is 11.9 Å². The number of carbonyl (C=O) groups is 1. The van der Waals surface area contributed by atoms with Crippen molar-refractivity contribution in [2.75, 3.05) is 31.1 Å². The molecule has 2 aromatic rings. The summed E-state index contributed by atoms with van der Waals surface area (Å²) in [5.74, 6) is 0.0326. The van der Waals surface area contributed by atoms with E-state index in [1.165, 1.54) is 0 Å². The number of para-hydroxylation sites is 1. The summed E-state index contributed by atoms with van der Waals surface area (Å²) in [5.41, 5.74) is 1.92. The SMILES string of the molecule is Cc1c(C(C)C)c(=O)on1C(=O)N1CCN(c2ccccc2)CC1. The summed E-state index contributed by atoms with van der Waals surface area (Å²) in [6.07, 6.45) is 0. The minimum Gasteiger partial charge on any atom is -0.368 e. The van der Waals surface area contributed by atoms with Gasteiger partial charge in [-0.3, -0.25) is 0 Å². The molecule has 0 bridgehead atoms. The molecule has 1 fully saturated rings. The second kappa shape index (κ2) is 6.55. The third-order valence-electron chi connectivity index (χ3n) is 4.51. The van der Waals surface area contributed by atoms with Gasteiger partial charge in [-0.25, -0.2) is 9.59 Å². The highest BCUT2D eigenvalue weighted by Crippen LogP contribution is 2.18. The quantitative estimate of drug-likeness (QED) is 0.850. The van der Waals surface area contributed by atoms with E-state index >= 15 is 0 Å². The van der Waals surface area contributed by atoms with Crippen molar-refractivity contribution < 1.29 is 9.32 Å². The van der Waals surface area contributed by atoms with Gasteiger partial charge in [0.25, 0.3) is 0 Å². The monoisotopic (exact) mass is 329 g/mol. The lowest BCUT2D eigenvalue weighted by molar-refractivity contribution is 0.162. The average molecular weight is 329 g/mol. The number of hydrogen-bond acceptors (Lipinski definition) is 4. The van der Waals surface area contributed by atoms with Crippen LogP contribution in [0.25, 0.3) is 0 Å². The van der Waals surface area contributed by atoms with Gasteiger partial charge in [0.2, 0.25) is 0 Å². The third kappa shape index (κ3) is 2.96. The van der Waals surface area contributed by atoms with Crippen LogP contribution < -0.4 is 10.5 Å². The highest BCUT2D eigenvalue weighted by Gasteiger charge is 2.27. The molecule has 24 heavy (non-hydrogen) atoms. The molecular weight excluding hydrogens is 306 g/mol. The van der Waals surface area contributed by atoms with Gasteiger partial charge < -0.3 is 14.3 Å². The Morgan fingerprint density at radius 3 is 2.25 bits per heavy atom. The fourth-order valence-electron chi connectivity index (χ4n) is 3.22. The Labute approximate surface area is 141 Å². The lowest BCUT2D eigenvalue weighted by Gasteiger charge is -2.35. The molecule has 0 unspecified atom stereocenters. The Morgan fingerprint density at radius 1 is 1.08 bits per heavy atom. The van der Waals surface area contributed by atoms with Gasteiger partial charge in [-0.15, -0.1) is 4.74 Å². The molecule has 128 valence electrons. The highest BCUT2D eigenvalue weighted by molar-refractivity contribution is 5.76. The van der Waals surface area contributed by atoms with Crippen molar-refractivity contribution >= 4 is 11.7 Å². The maximum absolute atomic E-state index is 12.7. The molecule has 1 amide bonds. The lowest BCUT2D eigenvalue weighted by Crippen LogP contribution is -2.50. The lowest BCUT2D eigenvalue weighted by atomic mass is 10.1. The van der Waals surface area contributed by atoms with Crippen molar-refractivity contribution in [2.45, 2.75) is 26.7 Å². The summed E-state index contributed by atoms with van der Waals surface area (Å²) in [6.45, 7) is 8.34. The smallest absolute Gasteiger partial charge is 0.361 e. The molecule has 1 aliphatic heterocycles. The molecule has 0 radical (unpaired) electrons. The van der Waals surface area contributed by atoms with Crippen LogP contribution in [-0.4, -0.2) is 41.8 Å². The molecule has 0 saturated carbocycles. The Morgan fingerprint density at radius 2 is 1.71 bits per heavy atom. The molecule has 6 nitrogen and oxygen atoms in total. The number of carbonyl (C=O) groups excluding carboxylic acids is 1. The first-order valence-corrected chi connectivity index (χ1v) is 8.31. The molecule has 0 aliphatic carbocycles. The normalized spacial score (nSPS) is 15.2. The number of nitrogens with zero attached hydrogens (tertiary/aromatic N) is 3. The van der Waals surface area contributed by atoms with E-state index in [1.807, 2.05) is 32.0 Å². The molecule has 0 spiro atoms. The molecule has 2 heterocycles. The summed E-state index contributed by atoms with van der Waals surface area (Å²) in [4.78, 5) is 28.6. The Balaban J connectivity index is 1.72. The molecule has 1 aromatic heterocycles. The van der Waals surface area contributed by atoms with E-state index in [9.17, 15) is 9.59 Å². The largest absolute Gasteiger partial charge is 0.368 e. The van der Waals surface area contributed by atoms with Crippen LogP contribution in [0.2, 0.25) is 0 Å². The first-order chi connectivity index (χ1) is 11.5. The predicted molar refractivity (Wildman–Crippen MR) is 92.8 cm³/mol. The molecule has 6 heteroatoms.